The van der Waals surface area contributed by atoms with Gasteiger partial charge < -0.3 is 10.0 Å². The molecule has 0 bridgehead atoms. The molecule has 0 atom stereocenters. The van der Waals surface area contributed by atoms with Gasteiger partial charge in [0.25, 0.3) is 5.91 Å². The molecule has 2 aromatic rings. The molecule has 5 nitrogen and oxygen atoms in total. The Morgan fingerprint density at radius 3 is 2.55 bits per heavy atom. The van der Waals surface area contributed by atoms with Gasteiger partial charge in [-0.3, -0.25) is 9.59 Å². The summed E-state index contributed by atoms with van der Waals surface area (Å²) >= 11 is 8.58. The molecule has 0 unspecified atom stereocenters. The maximum Gasteiger partial charge on any atom is 0.323 e. The number of carboxylic acid groups (broad SMARTS) is 1. The van der Waals surface area contributed by atoms with Gasteiger partial charge in [0.05, 0.1) is 14.9 Å². The number of aromatic nitrogens is 1. The second kappa shape index (κ2) is 6.76. The molecule has 0 fully saturated rings. The summed E-state index contributed by atoms with van der Waals surface area (Å²) in [4.78, 5) is 30.6. The topological polar surface area (TPSA) is 70.5 Å². The molecule has 1 amide bonds. The van der Waals surface area contributed by atoms with E-state index in [4.69, 9.17) is 16.7 Å². The molecule has 0 saturated carbocycles. The van der Waals surface area contributed by atoms with E-state index in [-0.39, 0.29) is 18.5 Å². The average molecular weight is 359 g/mol. The third kappa shape index (κ3) is 3.66. The lowest BCUT2D eigenvalue weighted by Crippen LogP contribution is -2.40. The van der Waals surface area contributed by atoms with Crippen LogP contribution in [0.3, 0.4) is 0 Å². The molecule has 0 saturated heterocycles. The van der Waals surface area contributed by atoms with Crippen molar-refractivity contribution in [2.45, 2.75) is 26.8 Å². The minimum Gasteiger partial charge on any atom is -0.480 e. The predicted molar refractivity (Wildman–Crippen MR) is 89.0 cm³/mol. The van der Waals surface area contributed by atoms with Crippen LogP contribution in [-0.2, 0) is 4.79 Å². The molecule has 2 aromatic heterocycles. The zero-order valence-corrected chi connectivity index (χ0v) is 14.7. The van der Waals surface area contributed by atoms with Gasteiger partial charge in [-0.25, -0.2) is 4.98 Å². The molecule has 1 N–H and O–H groups in total. The number of thiazole rings is 1. The molecule has 0 aliphatic heterocycles. The van der Waals surface area contributed by atoms with Crippen molar-refractivity contribution in [3.05, 3.63) is 27.0 Å². The number of aryl methyl sites for hydroxylation is 1. The van der Waals surface area contributed by atoms with Crippen LogP contribution < -0.4 is 0 Å². The van der Waals surface area contributed by atoms with Gasteiger partial charge in [-0.2, -0.15) is 0 Å². The Morgan fingerprint density at radius 2 is 2.05 bits per heavy atom. The second-order valence-corrected chi connectivity index (χ2v) is 7.67. The number of carboxylic acids is 1. The minimum absolute atomic E-state index is 0.204. The number of carbonyl (C=O) groups excluding carboxylic acids is 1. The van der Waals surface area contributed by atoms with E-state index in [2.05, 4.69) is 4.98 Å². The quantitative estimate of drug-likeness (QED) is 0.883. The summed E-state index contributed by atoms with van der Waals surface area (Å²) in [6, 6.07) is 3.44. The number of nitrogens with zero attached hydrogens (tertiary/aromatic N) is 2. The fourth-order valence-electron chi connectivity index (χ4n) is 1.89. The van der Waals surface area contributed by atoms with E-state index in [1.165, 1.54) is 27.6 Å². The first-order valence-electron chi connectivity index (χ1n) is 6.55. The first kappa shape index (κ1) is 16.9. The van der Waals surface area contributed by atoms with Gasteiger partial charge in [0.2, 0.25) is 0 Å². The third-order valence-electron chi connectivity index (χ3n) is 2.96. The molecule has 0 radical (unpaired) electrons. The Morgan fingerprint density at radius 1 is 1.36 bits per heavy atom. The van der Waals surface area contributed by atoms with Crippen molar-refractivity contribution in [1.29, 1.82) is 0 Å². The van der Waals surface area contributed by atoms with Crippen molar-refractivity contribution < 1.29 is 14.7 Å². The molecule has 118 valence electrons. The summed E-state index contributed by atoms with van der Waals surface area (Å²) in [5.41, 5.74) is 0.602. The van der Waals surface area contributed by atoms with Crippen molar-refractivity contribution in [3.8, 4) is 9.88 Å². The lowest BCUT2D eigenvalue weighted by Gasteiger charge is -2.24. The van der Waals surface area contributed by atoms with Gasteiger partial charge in [-0.1, -0.05) is 11.6 Å². The highest BCUT2D eigenvalue weighted by Crippen LogP contribution is 2.35. The summed E-state index contributed by atoms with van der Waals surface area (Å²) in [5.74, 6) is -1.34. The number of amides is 1. The van der Waals surface area contributed by atoms with Gasteiger partial charge in [-0.15, -0.1) is 22.7 Å². The van der Waals surface area contributed by atoms with Gasteiger partial charge in [0.15, 0.2) is 0 Å². The van der Waals surface area contributed by atoms with E-state index in [9.17, 15) is 9.59 Å². The Labute approximate surface area is 141 Å². The third-order valence-corrected chi connectivity index (χ3v) is 5.51. The van der Waals surface area contributed by atoms with Crippen LogP contribution in [0.5, 0.6) is 0 Å². The lowest BCUT2D eigenvalue weighted by molar-refractivity contribution is -0.138. The lowest BCUT2D eigenvalue weighted by atomic mass is 10.2. The van der Waals surface area contributed by atoms with E-state index in [0.29, 0.717) is 14.9 Å². The predicted octanol–water partition coefficient (Wildman–Crippen LogP) is 3.77. The highest BCUT2D eigenvalue weighted by molar-refractivity contribution is 7.24. The normalized spacial score (nSPS) is 11.0. The Balaban J connectivity index is 2.33. The number of hydrogen-bond donors (Lipinski definition) is 1. The fraction of sp³-hybridized carbons (Fsp3) is 0.357. The number of hydrogen-bond acceptors (Lipinski definition) is 5. The molecule has 0 aromatic carbocycles. The number of aliphatic carboxylic acids is 1. The molecular weight excluding hydrogens is 344 g/mol. The monoisotopic (exact) mass is 358 g/mol. The summed E-state index contributed by atoms with van der Waals surface area (Å²) in [6.07, 6.45) is 0. The first-order chi connectivity index (χ1) is 10.3. The van der Waals surface area contributed by atoms with Gasteiger partial charge in [-0.05, 0) is 32.9 Å². The molecule has 0 aliphatic rings. The summed E-state index contributed by atoms with van der Waals surface area (Å²) < 4.78 is 0.658. The summed E-state index contributed by atoms with van der Waals surface area (Å²) in [7, 11) is 0. The van der Waals surface area contributed by atoms with Crippen LogP contribution in [0.4, 0.5) is 0 Å². The molecule has 2 rings (SSSR count). The van der Waals surface area contributed by atoms with Crippen LogP contribution >= 0.6 is 34.3 Å². The maximum atomic E-state index is 12.6. The van der Waals surface area contributed by atoms with Crippen LogP contribution in [0.25, 0.3) is 9.88 Å². The highest BCUT2D eigenvalue weighted by atomic mass is 35.5. The summed E-state index contributed by atoms with van der Waals surface area (Å²) in [5, 5.41) is 9.68. The average Bonchev–Trinajstić information content (AvgIpc) is 3.01. The molecule has 0 aliphatic carbocycles. The molecule has 8 heteroatoms. The van der Waals surface area contributed by atoms with E-state index >= 15 is 0 Å². The standard InChI is InChI=1S/C14H15ClN2O3S2/c1-7(2)17(6-11(18)19)14(20)12-8(3)16-13(22-12)9-4-5-10(15)21-9/h4-5,7H,6H2,1-3H3,(H,18,19). The number of carbonyl (C=O) groups is 2. The van der Waals surface area contributed by atoms with Crippen LogP contribution in [0, 0.1) is 6.92 Å². The maximum absolute atomic E-state index is 12.6. The molecule has 0 spiro atoms. The van der Waals surface area contributed by atoms with Gasteiger partial charge in [0, 0.05) is 6.04 Å². The smallest absolute Gasteiger partial charge is 0.323 e. The Bertz CT molecular complexity index is 709. The SMILES string of the molecule is Cc1nc(-c2ccc(Cl)s2)sc1C(=O)N(CC(=O)O)C(C)C. The highest BCUT2D eigenvalue weighted by Gasteiger charge is 2.25. The van der Waals surface area contributed by atoms with E-state index in [1.54, 1.807) is 26.8 Å². The Kier molecular flexibility index (Phi) is 5.20. The van der Waals surface area contributed by atoms with Gasteiger partial charge in [0.1, 0.15) is 16.4 Å². The number of halogens is 1. The minimum atomic E-state index is -1.03. The van der Waals surface area contributed by atoms with Crippen molar-refractivity contribution in [1.82, 2.24) is 9.88 Å². The van der Waals surface area contributed by atoms with Crippen molar-refractivity contribution >= 4 is 46.2 Å². The van der Waals surface area contributed by atoms with Crippen LogP contribution in [-0.4, -0.2) is 39.5 Å². The molecule has 2 heterocycles. The zero-order valence-electron chi connectivity index (χ0n) is 12.3. The van der Waals surface area contributed by atoms with E-state index in [0.717, 1.165) is 9.88 Å². The number of rotatable bonds is 5. The van der Waals surface area contributed by atoms with Gasteiger partial charge >= 0.3 is 5.97 Å². The van der Waals surface area contributed by atoms with E-state index < -0.39 is 5.97 Å². The molecular formula is C14H15ClN2O3S2. The number of thiophene rings is 1. The van der Waals surface area contributed by atoms with Crippen molar-refractivity contribution in [2.75, 3.05) is 6.54 Å². The van der Waals surface area contributed by atoms with Crippen LogP contribution in [0.15, 0.2) is 12.1 Å². The molecule has 22 heavy (non-hydrogen) atoms. The fourth-order valence-corrected chi connectivity index (χ4v) is 4.01. The zero-order chi connectivity index (χ0) is 16.4. The van der Waals surface area contributed by atoms with Crippen molar-refractivity contribution in [2.24, 2.45) is 0 Å². The second-order valence-electron chi connectivity index (χ2n) is 4.96. The summed E-state index contributed by atoms with van der Waals surface area (Å²) in [6.45, 7) is 5.00. The van der Waals surface area contributed by atoms with Crippen LogP contribution in [0.2, 0.25) is 4.34 Å². The van der Waals surface area contributed by atoms with Crippen LogP contribution in [0.1, 0.15) is 29.2 Å². The van der Waals surface area contributed by atoms with Crippen molar-refractivity contribution in [3.63, 3.8) is 0 Å². The first-order valence-corrected chi connectivity index (χ1v) is 8.56. The largest absolute Gasteiger partial charge is 0.480 e. The van der Waals surface area contributed by atoms with E-state index in [1.807, 2.05) is 6.07 Å². The Hall–Kier alpha value is -1.44.